The van der Waals surface area contributed by atoms with Gasteiger partial charge in [0.05, 0.1) is 6.10 Å². The molecule has 0 heterocycles. The number of ether oxygens (including phenoxy) is 1. The average Bonchev–Trinajstić information content (AvgIpc) is 2.39. The Labute approximate surface area is 111 Å². The Morgan fingerprint density at radius 1 is 1.22 bits per heavy atom. The van der Waals surface area contributed by atoms with Crippen LogP contribution in [-0.2, 0) is 11.3 Å². The molecule has 0 aliphatic heterocycles. The largest absolute Gasteiger partial charge is 0.376 e. The topological polar surface area (TPSA) is 38.5 Å². The molecule has 1 aromatic rings. The van der Waals surface area contributed by atoms with E-state index in [1.807, 2.05) is 6.92 Å². The fraction of sp³-hybridized carbons (Fsp3) is 0.600. The van der Waals surface area contributed by atoms with E-state index in [0.29, 0.717) is 6.54 Å². The molecule has 3 nitrogen and oxygen atoms in total. The molecule has 102 valence electrons. The highest BCUT2D eigenvalue weighted by molar-refractivity contribution is 5.14. The molecule has 0 spiro atoms. The van der Waals surface area contributed by atoms with Crippen LogP contribution in [-0.4, -0.2) is 37.2 Å². The lowest BCUT2D eigenvalue weighted by molar-refractivity contribution is 0.0372. The van der Waals surface area contributed by atoms with Gasteiger partial charge in [0.25, 0.3) is 0 Å². The van der Waals surface area contributed by atoms with E-state index in [1.165, 1.54) is 5.56 Å². The van der Waals surface area contributed by atoms with E-state index in [2.05, 4.69) is 42.2 Å². The summed E-state index contributed by atoms with van der Waals surface area (Å²) in [6, 6.07) is 10.6. The van der Waals surface area contributed by atoms with E-state index in [1.54, 1.807) is 0 Å². The predicted molar refractivity (Wildman–Crippen MR) is 76.5 cm³/mol. The molecule has 18 heavy (non-hydrogen) atoms. The molecular weight excluding hydrogens is 224 g/mol. The maximum absolute atomic E-state index is 5.75. The first-order chi connectivity index (χ1) is 8.80. The van der Waals surface area contributed by atoms with Gasteiger partial charge in [-0.3, -0.25) is 4.90 Å². The first-order valence-electron chi connectivity index (χ1n) is 6.88. The predicted octanol–water partition coefficient (Wildman–Crippen LogP) is 2.26. The molecule has 0 amide bonds. The second kappa shape index (κ2) is 9.09. The summed E-state index contributed by atoms with van der Waals surface area (Å²) in [5.74, 6) is 0. The van der Waals surface area contributed by atoms with E-state index >= 15 is 0 Å². The molecule has 1 rings (SSSR count). The van der Waals surface area contributed by atoms with E-state index in [9.17, 15) is 0 Å². The van der Waals surface area contributed by atoms with Crippen molar-refractivity contribution in [1.82, 2.24) is 4.90 Å². The second-order valence-electron chi connectivity index (χ2n) is 4.53. The number of benzene rings is 1. The molecule has 0 fully saturated rings. The zero-order valence-corrected chi connectivity index (χ0v) is 11.6. The van der Waals surface area contributed by atoms with E-state index in [4.69, 9.17) is 10.5 Å². The fourth-order valence-electron chi connectivity index (χ4n) is 2.11. The molecule has 0 aliphatic rings. The summed E-state index contributed by atoms with van der Waals surface area (Å²) in [5.41, 5.74) is 7.09. The third-order valence-electron chi connectivity index (χ3n) is 2.92. The van der Waals surface area contributed by atoms with Crippen molar-refractivity contribution in [3.05, 3.63) is 35.9 Å². The van der Waals surface area contributed by atoms with Crippen LogP contribution in [0.3, 0.4) is 0 Å². The number of rotatable bonds is 9. The molecular formula is C15H26N2O. The van der Waals surface area contributed by atoms with Gasteiger partial charge in [-0.1, -0.05) is 37.3 Å². The smallest absolute Gasteiger partial charge is 0.0823 e. The molecule has 0 saturated heterocycles. The Kier molecular flexibility index (Phi) is 7.65. The molecule has 0 aromatic heterocycles. The van der Waals surface area contributed by atoms with Crippen LogP contribution in [0.4, 0.5) is 0 Å². The van der Waals surface area contributed by atoms with Crippen molar-refractivity contribution in [2.75, 3.05) is 26.2 Å². The van der Waals surface area contributed by atoms with Gasteiger partial charge in [-0.2, -0.15) is 0 Å². The Morgan fingerprint density at radius 2 is 1.94 bits per heavy atom. The minimum atomic E-state index is 0.144. The van der Waals surface area contributed by atoms with Gasteiger partial charge in [-0.25, -0.2) is 0 Å². The maximum Gasteiger partial charge on any atom is 0.0823 e. The van der Waals surface area contributed by atoms with Crippen LogP contribution in [0.5, 0.6) is 0 Å². The van der Waals surface area contributed by atoms with Crippen molar-refractivity contribution >= 4 is 0 Å². The summed E-state index contributed by atoms with van der Waals surface area (Å²) < 4.78 is 5.64. The Balaban J connectivity index is 2.53. The van der Waals surface area contributed by atoms with E-state index < -0.39 is 0 Å². The lowest BCUT2D eigenvalue weighted by atomic mass is 10.2. The molecule has 1 atom stereocenters. The van der Waals surface area contributed by atoms with Crippen LogP contribution in [0.15, 0.2) is 30.3 Å². The Hall–Kier alpha value is -0.900. The summed E-state index contributed by atoms with van der Waals surface area (Å²) in [7, 11) is 0. The zero-order valence-electron chi connectivity index (χ0n) is 11.6. The molecule has 0 radical (unpaired) electrons. The molecule has 0 bridgehead atoms. The highest BCUT2D eigenvalue weighted by atomic mass is 16.5. The second-order valence-corrected chi connectivity index (χ2v) is 4.53. The minimum Gasteiger partial charge on any atom is -0.376 e. The molecule has 0 aliphatic carbocycles. The summed E-state index contributed by atoms with van der Waals surface area (Å²) in [6.45, 7) is 8.50. The van der Waals surface area contributed by atoms with Crippen LogP contribution >= 0.6 is 0 Å². The number of hydrogen-bond donors (Lipinski definition) is 1. The summed E-state index contributed by atoms with van der Waals surface area (Å²) >= 11 is 0. The zero-order chi connectivity index (χ0) is 13.2. The van der Waals surface area contributed by atoms with Gasteiger partial charge in [0.2, 0.25) is 0 Å². The van der Waals surface area contributed by atoms with Crippen LogP contribution < -0.4 is 5.73 Å². The molecule has 1 unspecified atom stereocenters. The first-order valence-corrected chi connectivity index (χ1v) is 6.88. The lowest BCUT2D eigenvalue weighted by Gasteiger charge is -2.26. The van der Waals surface area contributed by atoms with Crippen LogP contribution in [0.25, 0.3) is 0 Å². The third kappa shape index (κ3) is 5.63. The fourth-order valence-corrected chi connectivity index (χ4v) is 2.11. The van der Waals surface area contributed by atoms with Crippen molar-refractivity contribution in [1.29, 1.82) is 0 Å². The molecule has 3 heteroatoms. The normalized spacial score (nSPS) is 12.9. The highest BCUT2D eigenvalue weighted by Crippen LogP contribution is 2.07. The summed E-state index contributed by atoms with van der Waals surface area (Å²) in [4.78, 5) is 2.42. The SMILES string of the molecule is CCCN(Cc1ccccc1)CC(CN)OCC. The highest BCUT2D eigenvalue weighted by Gasteiger charge is 2.12. The van der Waals surface area contributed by atoms with Gasteiger partial charge in [-0.05, 0) is 25.5 Å². The van der Waals surface area contributed by atoms with Gasteiger partial charge in [0.1, 0.15) is 0 Å². The van der Waals surface area contributed by atoms with Crippen molar-refractivity contribution in [3.8, 4) is 0 Å². The Morgan fingerprint density at radius 3 is 2.50 bits per heavy atom. The lowest BCUT2D eigenvalue weighted by Crippen LogP contribution is -2.38. The van der Waals surface area contributed by atoms with Gasteiger partial charge < -0.3 is 10.5 Å². The van der Waals surface area contributed by atoms with Gasteiger partial charge in [0.15, 0.2) is 0 Å². The van der Waals surface area contributed by atoms with Gasteiger partial charge in [0, 0.05) is 26.2 Å². The summed E-state index contributed by atoms with van der Waals surface area (Å²) in [6.07, 6.45) is 1.29. The van der Waals surface area contributed by atoms with E-state index in [-0.39, 0.29) is 6.10 Å². The van der Waals surface area contributed by atoms with E-state index in [0.717, 1.165) is 32.7 Å². The van der Waals surface area contributed by atoms with Crippen molar-refractivity contribution in [3.63, 3.8) is 0 Å². The Bertz CT molecular complexity index is 303. The van der Waals surface area contributed by atoms with Crippen LogP contribution in [0.1, 0.15) is 25.8 Å². The number of nitrogens with two attached hydrogens (primary N) is 1. The van der Waals surface area contributed by atoms with Crippen molar-refractivity contribution in [2.24, 2.45) is 5.73 Å². The summed E-state index contributed by atoms with van der Waals surface area (Å²) in [5, 5.41) is 0. The minimum absolute atomic E-state index is 0.144. The van der Waals surface area contributed by atoms with Gasteiger partial charge >= 0.3 is 0 Å². The molecule has 0 saturated carbocycles. The van der Waals surface area contributed by atoms with Crippen LogP contribution in [0, 0.1) is 0 Å². The number of hydrogen-bond acceptors (Lipinski definition) is 3. The quantitative estimate of drug-likeness (QED) is 0.730. The monoisotopic (exact) mass is 250 g/mol. The average molecular weight is 250 g/mol. The van der Waals surface area contributed by atoms with Crippen molar-refractivity contribution in [2.45, 2.75) is 32.9 Å². The number of nitrogens with zero attached hydrogens (tertiary/aromatic N) is 1. The van der Waals surface area contributed by atoms with Crippen molar-refractivity contribution < 1.29 is 4.74 Å². The standard InChI is InChI=1S/C15H26N2O/c1-3-10-17(13-15(11-16)18-4-2)12-14-8-6-5-7-9-14/h5-9,15H,3-4,10-13,16H2,1-2H3. The maximum atomic E-state index is 5.75. The van der Waals surface area contributed by atoms with Gasteiger partial charge in [-0.15, -0.1) is 0 Å². The molecule has 1 aromatic carbocycles. The van der Waals surface area contributed by atoms with Crippen LogP contribution in [0.2, 0.25) is 0 Å². The molecule has 2 N–H and O–H groups in total. The first kappa shape index (κ1) is 15.2. The third-order valence-corrected chi connectivity index (χ3v) is 2.92.